The number of hydrogen-bond acceptors (Lipinski definition) is 7. The lowest BCUT2D eigenvalue weighted by molar-refractivity contribution is -0.166. The molecule has 8 heteroatoms. The Labute approximate surface area is 109 Å². The summed E-state index contributed by atoms with van der Waals surface area (Å²) >= 11 is 0. The molecule has 0 bridgehead atoms. The van der Waals surface area contributed by atoms with Crippen molar-refractivity contribution < 1.29 is 19.3 Å². The van der Waals surface area contributed by atoms with E-state index in [0.717, 1.165) is 0 Å². The van der Waals surface area contributed by atoms with Crippen LogP contribution in [0.4, 0.5) is 0 Å². The lowest BCUT2D eigenvalue weighted by Crippen LogP contribution is -2.36. The Balaban J connectivity index is 1.67. The molecule has 0 saturated carbocycles. The highest BCUT2D eigenvalue weighted by atomic mass is 16.7. The fraction of sp³-hybridized carbons (Fsp3) is 0.727. The first-order chi connectivity index (χ1) is 9.29. The molecular weight excluding hydrogens is 252 g/mol. The molecule has 19 heavy (non-hydrogen) atoms. The summed E-state index contributed by atoms with van der Waals surface area (Å²) in [4.78, 5) is 0. The Morgan fingerprint density at radius 2 is 2.47 bits per heavy atom. The highest BCUT2D eigenvalue weighted by Crippen LogP contribution is 2.28. The number of hydrogen-bond donors (Lipinski definition) is 1. The van der Waals surface area contributed by atoms with Crippen LogP contribution in [-0.4, -0.2) is 56.5 Å². The largest absolute Gasteiger partial charge is 0.385 e. The van der Waals surface area contributed by atoms with Crippen LogP contribution in [0.2, 0.25) is 0 Å². The van der Waals surface area contributed by atoms with Crippen molar-refractivity contribution in [1.82, 2.24) is 20.2 Å². The van der Waals surface area contributed by atoms with Crippen LogP contribution in [0.1, 0.15) is 12.2 Å². The van der Waals surface area contributed by atoms with Gasteiger partial charge in [0.25, 0.3) is 0 Å². The Morgan fingerprint density at radius 1 is 1.58 bits per heavy atom. The number of nitrogens with zero attached hydrogens (tertiary/aromatic N) is 4. The van der Waals surface area contributed by atoms with Crippen LogP contribution in [0.15, 0.2) is 0 Å². The van der Waals surface area contributed by atoms with Crippen LogP contribution < -0.4 is 0 Å². The average Bonchev–Trinajstić information content (AvgIpc) is 2.91. The molecule has 4 atom stereocenters. The van der Waals surface area contributed by atoms with Gasteiger partial charge in [0.1, 0.15) is 24.9 Å². The number of aliphatic hydroxyl groups excluding tert-OH is 1. The van der Waals surface area contributed by atoms with Gasteiger partial charge in [-0.2, -0.15) is 0 Å². The summed E-state index contributed by atoms with van der Waals surface area (Å²) in [5.74, 6) is 3.09. The van der Waals surface area contributed by atoms with E-state index >= 15 is 0 Å². The SMILES string of the molecule is C#CCCOC1O[C@@H]2Cn3nnnc3CO[C@@H]2[C@H]1O. The molecule has 0 aromatic carbocycles. The van der Waals surface area contributed by atoms with Crippen LogP contribution >= 0.6 is 0 Å². The van der Waals surface area contributed by atoms with Gasteiger partial charge in [-0.05, 0) is 10.4 Å². The molecule has 8 nitrogen and oxygen atoms in total. The van der Waals surface area contributed by atoms with E-state index in [9.17, 15) is 5.11 Å². The molecule has 102 valence electrons. The molecule has 2 aliphatic heterocycles. The monoisotopic (exact) mass is 266 g/mol. The minimum atomic E-state index is -0.847. The van der Waals surface area contributed by atoms with Crippen molar-refractivity contribution in [2.45, 2.75) is 44.2 Å². The number of aromatic nitrogens is 4. The Morgan fingerprint density at radius 3 is 3.32 bits per heavy atom. The first-order valence-electron chi connectivity index (χ1n) is 6.05. The third kappa shape index (κ3) is 2.33. The summed E-state index contributed by atoms with van der Waals surface area (Å²) in [7, 11) is 0. The van der Waals surface area contributed by atoms with E-state index in [0.29, 0.717) is 25.4 Å². The molecule has 3 rings (SSSR count). The van der Waals surface area contributed by atoms with Gasteiger partial charge in [0.05, 0.1) is 13.2 Å². The molecule has 0 spiro atoms. The second kappa shape index (κ2) is 5.22. The molecule has 2 aliphatic rings. The molecular formula is C11H14N4O4. The summed E-state index contributed by atoms with van der Waals surface area (Å²) in [6.45, 7) is 1.01. The first-order valence-corrected chi connectivity index (χ1v) is 6.05. The third-order valence-corrected chi connectivity index (χ3v) is 3.18. The summed E-state index contributed by atoms with van der Waals surface area (Å²) in [5, 5.41) is 21.4. The zero-order chi connectivity index (χ0) is 13.2. The maximum atomic E-state index is 10.1. The van der Waals surface area contributed by atoms with Gasteiger partial charge in [-0.3, -0.25) is 0 Å². The van der Waals surface area contributed by atoms with Crippen molar-refractivity contribution in [3.63, 3.8) is 0 Å². The Bertz CT molecular complexity index is 485. The number of tetrazole rings is 1. The molecule has 0 amide bonds. The fourth-order valence-corrected chi connectivity index (χ4v) is 2.24. The van der Waals surface area contributed by atoms with Crippen molar-refractivity contribution in [3.8, 4) is 12.3 Å². The molecule has 0 radical (unpaired) electrons. The standard InChI is InChI=1S/C11H14N4O4/c1-2-3-4-17-11-9(16)10-7(19-11)5-15-8(6-18-10)12-13-14-15/h1,7,9-11,16H,3-6H2/t7-,9-,10+,11?/m1/s1. The van der Waals surface area contributed by atoms with Crippen molar-refractivity contribution in [1.29, 1.82) is 0 Å². The van der Waals surface area contributed by atoms with E-state index in [4.69, 9.17) is 20.6 Å². The Kier molecular flexibility index (Phi) is 3.44. The maximum absolute atomic E-state index is 10.1. The van der Waals surface area contributed by atoms with Gasteiger partial charge in [0, 0.05) is 6.42 Å². The van der Waals surface area contributed by atoms with E-state index in [1.807, 2.05) is 0 Å². The average molecular weight is 266 g/mol. The van der Waals surface area contributed by atoms with Crippen molar-refractivity contribution in [3.05, 3.63) is 5.82 Å². The van der Waals surface area contributed by atoms with Crippen LogP contribution in [-0.2, 0) is 27.4 Å². The van der Waals surface area contributed by atoms with E-state index < -0.39 is 18.5 Å². The van der Waals surface area contributed by atoms with Crippen molar-refractivity contribution >= 4 is 0 Å². The van der Waals surface area contributed by atoms with E-state index in [1.165, 1.54) is 0 Å². The maximum Gasteiger partial charge on any atom is 0.186 e. The molecule has 3 heterocycles. The molecule has 1 fully saturated rings. The minimum absolute atomic E-state index is 0.242. The molecule has 1 aromatic heterocycles. The van der Waals surface area contributed by atoms with Crippen LogP contribution in [0, 0.1) is 12.3 Å². The molecule has 0 aliphatic carbocycles. The topological polar surface area (TPSA) is 91.5 Å². The number of aliphatic hydroxyl groups is 1. The van der Waals surface area contributed by atoms with Gasteiger partial charge < -0.3 is 19.3 Å². The normalized spacial score (nSPS) is 33.3. The highest BCUT2D eigenvalue weighted by molar-refractivity contribution is 4.93. The number of rotatable bonds is 3. The zero-order valence-corrected chi connectivity index (χ0v) is 10.2. The predicted molar refractivity (Wildman–Crippen MR) is 60.5 cm³/mol. The van der Waals surface area contributed by atoms with Gasteiger partial charge >= 0.3 is 0 Å². The molecule has 1 aromatic rings. The van der Waals surface area contributed by atoms with Gasteiger partial charge in [-0.15, -0.1) is 17.4 Å². The second-order valence-corrected chi connectivity index (χ2v) is 4.41. The molecule has 1 N–H and O–H groups in total. The van der Waals surface area contributed by atoms with Gasteiger partial charge in [-0.25, -0.2) is 4.68 Å². The quantitative estimate of drug-likeness (QED) is 0.537. The van der Waals surface area contributed by atoms with Gasteiger partial charge in [-0.1, -0.05) is 0 Å². The zero-order valence-electron chi connectivity index (χ0n) is 10.2. The first kappa shape index (κ1) is 12.5. The molecule has 1 saturated heterocycles. The number of terminal acetylenes is 1. The lowest BCUT2D eigenvalue weighted by Gasteiger charge is -2.17. The molecule has 1 unspecified atom stereocenters. The predicted octanol–water partition coefficient (Wildman–Crippen LogP) is -1.30. The smallest absolute Gasteiger partial charge is 0.186 e. The summed E-state index contributed by atoms with van der Waals surface area (Å²) in [6, 6.07) is 0. The summed E-state index contributed by atoms with van der Waals surface area (Å²) in [6.07, 6.45) is 3.25. The minimum Gasteiger partial charge on any atom is -0.385 e. The van der Waals surface area contributed by atoms with Gasteiger partial charge in [0.2, 0.25) is 0 Å². The fourth-order valence-electron chi connectivity index (χ4n) is 2.24. The van der Waals surface area contributed by atoms with E-state index in [2.05, 4.69) is 21.4 Å². The third-order valence-electron chi connectivity index (χ3n) is 3.18. The van der Waals surface area contributed by atoms with Crippen molar-refractivity contribution in [2.75, 3.05) is 6.61 Å². The van der Waals surface area contributed by atoms with Crippen LogP contribution in [0.3, 0.4) is 0 Å². The highest BCUT2D eigenvalue weighted by Gasteiger charge is 2.47. The Hall–Kier alpha value is -1.53. The van der Waals surface area contributed by atoms with E-state index in [-0.39, 0.29) is 12.7 Å². The summed E-state index contributed by atoms with van der Waals surface area (Å²) in [5.41, 5.74) is 0. The van der Waals surface area contributed by atoms with Crippen molar-refractivity contribution in [2.24, 2.45) is 0 Å². The van der Waals surface area contributed by atoms with E-state index in [1.54, 1.807) is 4.68 Å². The van der Waals surface area contributed by atoms with Gasteiger partial charge in [0.15, 0.2) is 12.1 Å². The van der Waals surface area contributed by atoms with Crippen LogP contribution in [0.5, 0.6) is 0 Å². The number of ether oxygens (including phenoxy) is 3. The summed E-state index contributed by atoms with van der Waals surface area (Å²) < 4.78 is 18.3. The second-order valence-electron chi connectivity index (χ2n) is 4.41. The number of fused-ring (bicyclic) bond motifs is 2. The lowest BCUT2D eigenvalue weighted by atomic mass is 10.1. The van der Waals surface area contributed by atoms with Crippen LogP contribution in [0.25, 0.3) is 0 Å².